The third-order valence-corrected chi connectivity index (χ3v) is 4.79. The molecule has 0 aliphatic rings. The highest BCUT2D eigenvalue weighted by Crippen LogP contribution is 2.34. The number of nitrogens with zero attached hydrogens (tertiary/aromatic N) is 3. The van der Waals surface area contributed by atoms with E-state index in [2.05, 4.69) is 9.97 Å². The van der Waals surface area contributed by atoms with Gasteiger partial charge in [0.25, 0.3) is 0 Å². The van der Waals surface area contributed by atoms with E-state index in [-0.39, 0.29) is 12.5 Å². The van der Waals surface area contributed by atoms with Crippen LogP contribution in [0.15, 0.2) is 24.5 Å². The van der Waals surface area contributed by atoms with Gasteiger partial charge in [-0.15, -0.1) is 0 Å². The van der Waals surface area contributed by atoms with Gasteiger partial charge in [0.2, 0.25) is 5.91 Å². The minimum Gasteiger partial charge on any atom is -0.465 e. The van der Waals surface area contributed by atoms with E-state index in [0.29, 0.717) is 6.42 Å². The molecule has 2 aromatic heterocycles. The smallest absolute Gasteiger partial charge is 0.318 e. The summed E-state index contributed by atoms with van der Waals surface area (Å²) < 4.78 is 4.94. The van der Waals surface area contributed by atoms with E-state index < -0.39 is 11.9 Å². The van der Waals surface area contributed by atoms with Gasteiger partial charge < -0.3 is 9.64 Å². The van der Waals surface area contributed by atoms with Gasteiger partial charge in [0.1, 0.15) is 15.9 Å². The molecule has 7 heteroatoms. The van der Waals surface area contributed by atoms with E-state index in [1.54, 1.807) is 33.3 Å². The van der Waals surface area contributed by atoms with Crippen LogP contribution in [-0.4, -0.2) is 35.5 Å². The van der Waals surface area contributed by atoms with Crippen molar-refractivity contribution in [2.75, 3.05) is 18.6 Å². The van der Waals surface area contributed by atoms with Gasteiger partial charge in [-0.25, -0.2) is 4.98 Å². The van der Waals surface area contributed by atoms with Gasteiger partial charge in [-0.2, -0.15) is 0 Å². The predicted octanol–water partition coefficient (Wildman–Crippen LogP) is 2.93. The number of esters is 1. The molecule has 6 nitrogen and oxygen atoms in total. The lowest BCUT2D eigenvalue weighted by molar-refractivity contribution is -0.150. The number of amides is 1. The molecule has 0 fully saturated rings. The number of anilines is 1. The highest BCUT2D eigenvalue weighted by molar-refractivity contribution is 7.19. The van der Waals surface area contributed by atoms with Crippen molar-refractivity contribution in [2.45, 2.75) is 27.2 Å². The second-order valence-electron chi connectivity index (χ2n) is 5.24. The molecule has 0 aliphatic carbocycles. The van der Waals surface area contributed by atoms with E-state index in [4.69, 9.17) is 4.74 Å². The molecule has 1 atom stereocenters. The largest absolute Gasteiger partial charge is 0.465 e. The number of pyridine rings is 1. The van der Waals surface area contributed by atoms with Crippen LogP contribution in [0.1, 0.15) is 26.5 Å². The molecule has 2 aromatic rings. The molecule has 128 valence electrons. The normalized spacial score (nSPS) is 11.8. The van der Waals surface area contributed by atoms with Crippen LogP contribution in [0.2, 0.25) is 0 Å². The van der Waals surface area contributed by atoms with Gasteiger partial charge in [0.05, 0.1) is 12.3 Å². The third-order valence-electron chi connectivity index (χ3n) is 3.57. The van der Waals surface area contributed by atoms with Gasteiger partial charge in [0, 0.05) is 25.0 Å². The first-order valence-corrected chi connectivity index (χ1v) is 8.65. The Labute approximate surface area is 145 Å². The van der Waals surface area contributed by atoms with Gasteiger partial charge >= 0.3 is 5.97 Å². The molecule has 0 aromatic carbocycles. The molecule has 1 amide bonds. The maximum atomic E-state index is 12.6. The predicted molar refractivity (Wildman–Crippen MR) is 93.9 cm³/mol. The molecular formula is C17H21N3O3S. The number of aryl methyl sites for hydroxylation is 1. The fourth-order valence-electron chi connectivity index (χ4n) is 2.21. The zero-order valence-corrected chi connectivity index (χ0v) is 15.1. The van der Waals surface area contributed by atoms with Crippen molar-refractivity contribution in [1.29, 1.82) is 0 Å². The minimum atomic E-state index is -0.844. The van der Waals surface area contributed by atoms with E-state index in [0.717, 1.165) is 21.3 Å². The number of hydrogen-bond donors (Lipinski definition) is 0. The number of rotatable bonds is 6. The van der Waals surface area contributed by atoms with Crippen LogP contribution >= 0.6 is 11.3 Å². The second kappa shape index (κ2) is 8.01. The summed E-state index contributed by atoms with van der Waals surface area (Å²) in [4.78, 5) is 34.6. The molecule has 0 saturated carbocycles. The number of carbonyl (C=O) groups is 2. The zero-order valence-electron chi connectivity index (χ0n) is 14.3. The van der Waals surface area contributed by atoms with E-state index in [1.165, 1.54) is 16.2 Å². The van der Waals surface area contributed by atoms with Crippen LogP contribution in [0.3, 0.4) is 0 Å². The lowest BCUT2D eigenvalue weighted by Gasteiger charge is -2.19. The molecule has 0 spiro atoms. The van der Waals surface area contributed by atoms with Crippen LogP contribution in [0.5, 0.6) is 0 Å². The summed E-state index contributed by atoms with van der Waals surface area (Å²) in [6.45, 7) is 5.52. The molecule has 0 radical (unpaired) electrons. The monoisotopic (exact) mass is 347 g/mol. The maximum absolute atomic E-state index is 12.6. The third kappa shape index (κ3) is 3.79. The summed E-state index contributed by atoms with van der Waals surface area (Å²) in [5.74, 6) is -1.66. The fraction of sp³-hybridized carbons (Fsp3) is 0.412. The molecule has 0 N–H and O–H groups in total. The molecular weight excluding hydrogens is 326 g/mol. The van der Waals surface area contributed by atoms with E-state index in [9.17, 15) is 9.59 Å². The fourth-order valence-corrected chi connectivity index (χ4v) is 3.32. The van der Waals surface area contributed by atoms with Crippen molar-refractivity contribution in [3.8, 4) is 10.6 Å². The quantitative estimate of drug-likeness (QED) is 0.593. The van der Waals surface area contributed by atoms with Gasteiger partial charge in [0.15, 0.2) is 0 Å². The Kier molecular flexibility index (Phi) is 6.03. The average molecular weight is 347 g/mol. The molecule has 24 heavy (non-hydrogen) atoms. The summed E-state index contributed by atoms with van der Waals surface area (Å²) in [6.07, 6.45) is 4.14. The Morgan fingerprint density at radius 1 is 1.38 bits per heavy atom. The van der Waals surface area contributed by atoms with Gasteiger partial charge in [-0.1, -0.05) is 18.3 Å². The van der Waals surface area contributed by atoms with E-state index in [1.807, 2.05) is 19.1 Å². The number of ether oxygens (including phenoxy) is 1. The van der Waals surface area contributed by atoms with Crippen LogP contribution in [0.4, 0.5) is 5.00 Å². The number of carbonyl (C=O) groups excluding carboxylic acids is 2. The standard InChI is InChI=1S/C17H21N3O3S/c1-5-13-16(20(4)15(21)11(3)17(22)23-6-2)24-14(19-13)12-8-7-9-18-10-12/h7-11H,5-6H2,1-4H3. The highest BCUT2D eigenvalue weighted by Gasteiger charge is 2.29. The topological polar surface area (TPSA) is 72.4 Å². The Bertz CT molecular complexity index is 715. The second-order valence-corrected chi connectivity index (χ2v) is 6.21. The number of thiazole rings is 1. The summed E-state index contributed by atoms with van der Waals surface area (Å²) in [5, 5.41) is 1.55. The average Bonchev–Trinajstić information content (AvgIpc) is 3.05. The van der Waals surface area contributed by atoms with Crippen molar-refractivity contribution in [2.24, 2.45) is 5.92 Å². The first-order valence-electron chi connectivity index (χ1n) is 7.83. The zero-order chi connectivity index (χ0) is 17.7. The van der Waals surface area contributed by atoms with E-state index >= 15 is 0 Å². The summed E-state index contributed by atoms with van der Waals surface area (Å²) >= 11 is 1.42. The summed E-state index contributed by atoms with van der Waals surface area (Å²) in [7, 11) is 1.66. The SMILES string of the molecule is CCOC(=O)C(C)C(=O)N(C)c1sc(-c2cccnc2)nc1CC. The molecule has 0 aliphatic heterocycles. The summed E-state index contributed by atoms with van der Waals surface area (Å²) in [5.41, 5.74) is 1.73. The Morgan fingerprint density at radius 2 is 2.12 bits per heavy atom. The highest BCUT2D eigenvalue weighted by atomic mass is 32.1. The van der Waals surface area contributed by atoms with Crippen LogP contribution in [0, 0.1) is 5.92 Å². The summed E-state index contributed by atoms with van der Waals surface area (Å²) in [6, 6.07) is 3.78. The molecule has 1 unspecified atom stereocenters. The Morgan fingerprint density at radius 3 is 2.71 bits per heavy atom. The number of hydrogen-bond acceptors (Lipinski definition) is 6. The lowest BCUT2D eigenvalue weighted by Crippen LogP contribution is -2.36. The van der Waals surface area contributed by atoms with Crippen LogP contribution < -0.4 is 4.90 Å². The van der Waals surface area contributed by atoms with Crippen molar-refractivity contribution in [1.82, 2.24) is 9.97 Å². The van der Waals surface area contributed by atoms with Gasteiger partial charge in [-0.05, 0) is 32.4 Å². The first-order chi connectivity index (χ1) is 11.5. The van der Waals surface area contributed by atoms with Crippen molar-refractivity contribution >= 4 is 28.2 Å². The molecule has 0 bridgehead atoms. The molecule has 2 heterocycles. The molecule has 2 rings (SSSR count). The maximum Gasteiger partial charge on any atom is 0.318 e. The van der Waals surface area contributed by atoms with Gasteiger partial charge in [-0.3, -0.25) is 14.6 Å². The van der Waals surface area contributed by atoms with Crippen molar-refractivity contribution < 1.29 is 14.3 Å². The molecule has 0 saturated heterocycles. The number of aromatic nitrogens is 2. The van der Waals surface area contributed by atoms with Crippen molar-refractivity contribution in [3.63, 3.8) is 0 Å². The Hall–Kier alpha value is -2.28. The Balaban J connectivity index is 2.29. The van der Waals surface area contributed by atoms with Crippen LogP contribution in [-0.2, 0) is 20.7 Å². The first kappa shape index (κ1) is 18.1. The lowest BCUT2D eigenvalue weighted by atomic mass is 10.1. The van der Waals surface area contributed by atoms with Crippen molar-refractivity contribution in [3.05, 3.63) is 30.2 Å². The van der Waals surface area contributed by atoms with Crippen LogP contribution in [0.25, 0.3) is 10.6 Å². The minimum absolute atomic E-state index is 0.256.